The molecule has 0 aromatic heterocycles. The molecule has 0 amide bonds. The maximum absolute atomic E-state index is 13.2. The van der Waals surface area contributed by atoms with Crippen LogP contribution in [0.25, 0.3) is 0 Å². The lowest BCUT2D eigenvalue weighted by Gasteiger charge is -2.16. The van der Waals surface area contributed by atoms with Crippen LogP contribution in [0.2, 0.25) is 0 Å². The monoisotopic (exact) mass is 269 g/mol. The summed E-state index contributed by atoms with van der Waals surface area (Å²) in [4.78, 5) is 0.191. The molecule has 0 atom stereocenters. The zero-order chi connectivity index (χ0) is 13.3. The Labute approximate surface area is 107 Å². The molecule has 3 nitrogen and oxygen atoms in total. The van der Waals surface area contributed by atoms with Crippen LogP contribution in [0.3, 0.4) is 0 Å². The van der Waals surface area contributed by atoms with Gasteiger partial charge < -0.3 is 0 Å². The summed E-state index contributed by atoms with van der Waals surface area (Å²) in [6.45, 7) is 3.22. The fourth-order valence-electron chi connectivity index (χ4n) is 2.31. The second kappa shape index (κ2) is 4.82. The van der Waals surface area contributed by atoms with Crippen LogP contribution in [0.4, 0.5) is 4.39 Å². The Morgan fingerprint density at radius 1 is 1.17 bits per heavy atom. The van der Waals surface area contributed by atoms with Gasteiger partial charge in [-0.15, -0.1) is 0 Å². The van der Waals surface area contributed by atoms with E-state index in [2.05, 4.69) is 4.72 Å². The van der Waals surface area contributed by atoms with E-state index < -0.39 is 15.8 Å². The minimum Gasteiger partial charge on any atom is -0.207 e. The highest BCUT2D eigenvalue weighted by molar-refractivity contribution is 7.89. The van der Waals surface area contributed by atoms with Gasteiger partial charge in [0, 0.05) is 6.04 Å². The van der Waals surface area contributed by atoms with Crippen molar-refractivity contribution in [2.75, 3.05) is 0 Å². The largest absolute Gasteiger partial charge is 0.241 e. The molecule has 1 aliphatic carbocycles. The first-order chi connectivity index (χ1) is 8.40. The molecule has 0 radical (unpaired) electrons. The summed E-state index contributed by atoms with van der Waals surface area (Å²) in [6, 6.07) is 2.40. The first kappa shape index (κ1) is 13.2. The van der Waals surface area contributed by atoms with E-state index in [1.807, 2.05) is 12.2 Å². The summed E-state index contributed by atoms with van der Waals surface area (Å²) in [5, 5.41) is 0. The molecule has 0 saturated carbocycles. The van der Waals surface area contributed by atoms with Gasteiger partial charge in [0.15, 0.2) is 0 Å². The molecule has 0 heterocycles. The Bertz CT molecular complexity index is 562. The van der Waals surface area contributed by atoms with Gasteiger partial charge in [-0.1, -0.05) is 12.2 Å². The Balaban J connectivity index is 2.35. The van der Waals surface area contributed by atoms with Crippen molar-refractivity contribution in [3.63, 3.8) is 0 Å². The Morgan fingerprint density at radius 3 is 2.17 bits per heavy atom. The van der Waals surface area contributed by atoms with Gasteiger partial charge in [-0.3, -0.25) is 0 Å². The van der Waals surface area contributed by atoms with Crippen LogP contribution in [-0.4, -0.2) is 14.5 Å². The van der Waals surface area contributed by atoms with Gasteiger partial charge in [0.05, 0.1) is 4.90 Å². The molecule has 5 heteroatoms. The third-order valence-corrected chi connectivity index (χ3v) is 4.85. The topological polar surface area (TPSA) is 46.2 Å². The predicted octanol–water partition coefficient (Wildman–Crippen LogP) is 2.44. The number of hydrogen-bond acceptors (Lipinski definition) is 2. The number of hydrogen-bond donors (Lipinski definition) is 1. The maximum atomic E-state index is 13.2. The van der Waals surface area contributed by atoms with Gasteiger partial charge in [0.1, 0.15) is 5.82 Å². The third-order valence-electron chi connectivity index (χ3n) is 3.02. The van der Waals surface area contributed by atoms with Crippen LogP contribution in [0.15, 0.2) is 29.2 Å². The van der Waals surface area contributed by atoms with Gasteiger partial charge >= 0.3 is 0 Å². The minimum absolute atomic E-state index is 0.0844. The molecule has 1 N–H and O–H groups in total. The van der Waals surface area contributed by atoms with E-state index in [0.717, 1.165) is 0 Å². The molecule has 1 aromatic carbocycles. The molecule has 18 heavy (non-hydrogen) atoms. The molecular formula is C13H16FNO2S. The molecule has 0 saturated heterocycles. The van der Waals surface area contributed by atoms with Crippen molar-refractivity contribution >= 4 is 10.0 Å². The Hall–Kier alpha value is -1.20. The number of halogens is 1. The smallest absolute Gasteiger partial charge is 0.207 e. The van der Waals surface area contributed by atoms with E-state index in [4.69, 9.17) is 0 Å². The van der Waals surface area contributed by atoms with Gasteiger partial charge in [-0.2, -0.15) is 0 Å². The second-order valence-electron chi connectivity index (χ2n) is 4.63. The van der Waals surface area contributed by atoms with Crippen molar-refractivity contribution in [2.45, 2.75) is 37.6 Å². The summed E-state index contributed by atoms with van der Waals surface area (Å²) in [5.41, 5.74) is 0.872. The van der Waals surface area contributed by atoms with Crippen LogP contribution < -0.4 is 4.72 Å². The summed E-state index contributed by atoms with van der Waals surface area (Å²) >= 11 is 0. The molecular weight excluding hydrogens is 253 g/mol. The normalized spacial score (nSPS) is 16.4. The molecule has 98 valence electrons. The maximum Gasteiger partial charge on any atom is 0.241 e. The van der Waals surface area contributed by atoms with Crippen LogP contribution in [-0.2, 0) is 10.0 Å². The number of nitrogens with one attached hydrogen (secondary N) is 1. The van der Waals surface area contributed by atoms with Crippen molar-refractivity contribution in [3.8, 4) is 0 Å². The van der Waals surface area contributed by atoms with E-state index >= 15 is 0 Å². The average Bonchev–Trinajstić information content (AvgIpc) is 2.66. The standard InChI is InChI=1S/C13H16FNO2S/c1-9-7-11(14)8-10(2)13(9)18(16,17)15-12-5-3-4-6-12/h3-4,7-8,12,15H,5-6H2,1-2H3. The summed E-state index contributed by atoms with van der Waals surface area (Å²) < 4.78 is 40.4. The molecule has 0 unspecified atom stereocenters. The van der Waals surface area contributed by atoms with E-state index in [-0.39, 0.29) is 10.9 Å². The lowest BCUT2D eigenvalue weighted by Crippen LogP contribution is -2.33. The Kier molecular flexibility index (Phi) is 3.54. The zero-order valence-electron chi connectivity index (χ0n) is 10.4. The first-order valence-electron chi connectivity index (χ1n) is 5.84. The van der Waals surface area contributed by atoms with E-state index in [1.165, 1.54) is 12.1 Å². The molecule has 1 aliphatic rings. The highest BCUT2D eigenvalue weighted by Gasteiger charge is 2.24. The zero-order valence-corrected chi connectivity index (χ0v) is 11.2. The average molecular weight is 269 g/mol. The molecule has 0 fully saturated rings. The molecule has 0 aliphatic heterocycles. The van der Waals surface area contributed by atoms with Gasteiger partial charge in [-0.25, -0.2) is 17.5 Å². The van der Waals surface area contributed by atoms with Crippen molar-refractivity contribution in [3.05, 3.63) is 41.2 Å². The third kappa shape index (κ3) is 2.62. The van der Waals surface area contributed by atoms with E-state index in [9.17, 15) is 12.8 Å². The number of sulfonamides is 1. The first-order valence-corrected chi connectivity index (χ1v) is 7.32. The van der Waals surface area contributed by atoms with Crippen molar-refractivity contribution in [1.82, 2.24) is 4.72 Å². The van der Waals surface area contributed by atoms with Gasteiger partial charge in [0.2, 0.25) is 10.0 Å². The van der Waals surface area contributed by atoms with Crippen molar-refractivity contribution < 1.29 is 12.8 Å². The summed E-state index contributed by atoms with van der Waals surface area (Å²) in [6.07, 6.45) is 5.33. The fraction of sp³-hybridized carbons (Fsp3) is 0.385. The number of benzene rings is 1. The SMILES string of the molecule is Cc1cc(F)cc(C)c1S(=O)(=O)NC1CC=CC1. The van der Waals surface area contributed by atoms with Crippen LogP contribution in [0, 0.1) is 19.7 Å². The summed E-state index contributed by atoms with van der Waals surface area (Å²) in [5.74, 6) is -0.411. The second-order valence-corrected chi connectivity index (χ2v) is 6.28. The van der Waals surface area contributed by atoms with Gasteiger partial charge in [0.25, 0.3) is 0 Å². The quantitative estimate of drug-likeness (QED) is 0.857. The van der Waals surface area contributed by atoms with Crippen LogP contribution in [0.1, 0.15) is 24.0 Å². The van der Waals surface area contributed by atoms with Crippen molar-refractivity contribution in [1.29, 1.82) is 0 Å². The van der Waals surface area contributed by atoms with Crippen LogP contribution in [0.5, 0.6) is 0 Å². The Morgan fingerprint density at radius 2 is 1.67 bits per heavy atom. The number of aryl methyl sites for hydroxylation is 2. The number of rotatable bonds is 3. The van der Waals surface area contributed by atoms with Crippen molar-refractivity contribution in [2.24, 2.45) is 0 Å². The summed E-state index contributed by atoms with van der Waals surface area (Å²) in [7, 11) is -3.58. The minimum atomic E-state index is -3.58. The molecule has 2 rings (SSSR count). The lowest BCUT2D eigenvalue weighted by molar-refractivity contribution is 0.555. The predicted molar refractivity (Wildman–Crippen MR) is 68.4 cm³/mol. The van der Waals surface area contributed by atoms with E-state index in [0.29, 0.717) is 24.0 Å². The molecule has 1 aromatic rings. The lowest BCUT2D eigenvalue weighted by atomic mass is 10.1. The van der Waals surface area contributed by atoms with E-state index in [1.54, 1.807) is 13.8 Å². The highest BCUT2D eigenvalue weighted by atomic mass is 32.2. The molecule has 0 spiro atoms. The van der Waals surface area contributed by atoms with Crippen LogP contribution >= 0.6 is 0 Å². The fourth-order valence-corrected chi connectivity index (χ4v) is 4.03. The molecule has 0 bridgehead atoms. The van der Waals surface area contributed by atoms with Gasteiger partial charge in [-0.05, 0) is 49.9 Å². The highest BCUT2D eigenvalue weighted by Crippen LogP contribution is 2.22.